The lowest BCUT2D eigenvalue weighted by atomic mass is 9.85. The second-order valence-electron chi connectivity index (χ2n) is 2.97. The number of hydrogen-bond donors (Lipinski definition) is 1. The Hall–Kier alpha value is -0.980. The third kappa shape index (κ3) is 0.635. The Balaban J connectivity index is 2.30. The maximum atomic E-state index is 3.92. The highest BCUT2D eigenvalue weighted by Crippen LogP contribution is 2.36. The van der Waals surface area contributed by atoms with E-state index in [2.05, 4.69) is 18.5 Å². The van der Waals surface area contributed by atoms with Gasteiger partial charge in [0.25, 0.3) is 0 Å². The molecule has 0 saturated heterocycles. The summed E-state index contributed by atoms with van der Waals surface area (Å²) in [5.74, 6) is 0. The van der Waals surface area contributed by atoms with Crippen LogP contribution in [0, 0.1) is 0 Å². The highest BCUT2D eigenvalue weighted by atomic mass is 14.9. The highest BCUT2D eigenvalue weighted by molar-refractivity contribution is 5.42. The Kier molecular flexibility index (Phi) is 1.01. The van der Waals surface area contributed by atoms with Crippen LogP contribution in [0.4, 0.5) is 0 Å². The smallest absolute Gasteiger partial charge is 0.0338 e. The van der Waals surface area contributed by atoms with Crippen LogP contribution in [0.15, 0.2) is 35.7 Å². The summed E-state index contributed by atoms with van der Waals surface area (Å²) in [5.41, 5.74) is 5.10. The molecule has 1 heteroatoms. The summed E-state index contributed by atoms with van der Waals surface area (Å²) < 4.78 is 0. The van der Waals surface area contributed by atoms with Gasteiger partial charge in [-0.25, -0.2) is 0 Å². The molecule has 2 aliphatic rings. The number of nitrogens with one attached hydrogen (secondary N) is 1. The minimum Gasteiger partial charge on any atom is -0.359 e. The van der Waals surface area contributed by atoms with Crippen molar-refractivity contribution in [1.29, 1.82) is 0 Å². The maximum absolute atomic E-state index is 3.92. The van der Waals surface area contributed by atoms with E-state index in [1.807, 2.05) is 0 Å². The molecule has 0 spiro atoms. The third-order valence-corrected chi connectivity index (χ3v) is 2.26. The summed E-state index contributed by atoms with van der Waals surface area (Å²) in [4.78, 5) is 0. The van der Waals surface area contributed by atoms with E-state index < -0.39 is 0 Å². The largest absolute Gasteiger partial charge is 0.359 e. The molecule has 2 rings (SSSR count). The summed E-state index contributed by atoms with van der Waals surface area (Å²) in [5, 5.41) is 3.25. The summed E-state index contributed by atoms with van der Waals surface area (Å²) >= 11 is 0. The predicted octanol–water partition coefficient (Wildman–Crippen LogP) is 2.10. The van der Waals surface area contributed by atoms with Gasteiger partial charge in [-0.15, -0.1) is 0 Å². The average molecular weight is 133 g/mol. The van der Waals surface area contributed by atoms with Crippen LogP contribution in [0.1, 0.15) is 19.3 Å². The molecule has 0 bridgehead atoms. The summed E-state index contributed by atoms with van der Waals surface area (Å²) in [6, 6.07) is 0. The van der Waals surface area contributed by atoms with Crippen molar-refractivity contribution in [2.45, 2.75) is 19.3 Å². The van der Waals surface area contributed by atoms with E-state index >= 15 is 0 Å². The van der Waals surface area contributed by atoms with E-state index in [0.717, 1.165) is 17.7 Å². The second kappa shape index (κ2) is 1.75. The van der Waals surface area contributed by atoms with Gasteiger partial charge in [0.2, 0.25) is 0 Å². The molecular weight excluding hydrogens is 122 g/mol. The Bertz CT molecular complexity index is 219. The van der Waals surface area contributed by atoms with Gasteiger partial charge >= 0.3 is 0 Å². The van der Waals surface area contributed by atoms with E-state index in [1.165, 1.54) is 24.1 Å². The van der Waals surface area contributed by atoms with Gasteiger partial charge in [-0.3, -0.25) is 0 Å². The van der Waals surface area contributed by atoms with Crippen LogP contribution >= 0.6 is 0 Å². The van der Waals surface area contributed by atoms with Gasteiger partial charge in [0.1, 0.15) is 0 Å². The minimum atomic E-state index is 1.01. The predicted molar refractivity (Wildman–Crippen MR) is 42.3 cm³/mol. The highest BCUT2D eigenvalue weighted by Gasteiger charge is 2.23. The SMILES string of the molecule is C=C1CC2=C(CC2)NC1=C. The lowest BCUT2D eigenvalue weighted by Crippen LogP contribution is -2.26. The fourth-order valence-electron chi connectivity index (χ4n) is 1.41. The van der Waals surface area contributed by atoms with Gasteiger partial charge in [0.05, 0.1) is 0 Å². The topological polar surface area (TPSA) is 12.0 Å². The fourth-order valence-corrected chi connectivity index (χ4v) is 1.41. The first-order valence-electron chi connectivity index (χ1n) is 3.62. The van der Waals surface area contributed by atoms with E-state index in [9.17, 15) is 0 Å². The normalized spacial score (nSPS) is 23.6. The zero-order chi connectivity index (χ0) is 7.14. The molecule has 0 saturated carbocycles. The quantitative estimate of drug-likeness (QED) is 0.533. The molecule has 0 unspecified atom stereocenters. The molecule has 0 aromatic rings. The van der Waals surface area contributed by atoms with Crippen LogP contribution in [0.25, 0.3) is 0 Å². The van der Waals surface area contributed by atoms with Crippen molar-refractivity contribution >= 4 is 0 Å². The van der Waals surface area contributed by atoms with Crippen molar-refractivity contribution in [1.82, 2.24) is 5.32 Å². The Morgan fingerprint density at radius 1 is 1.20 bits per heavy atom. The number of rotatable bonds is 0. The van der Waals surface area contributed by atoms with Crippen molar-refractivity contribution in [2.75, 3.05) is 0 Å². The van der Waals surface area contributed by atoms with Crippen LogP contribution in [0.2, 0.25) is 0 Å². The van der Waals surface area contributed by atoms with Crippen LogP contribution < -0.4 is 5.32 Å². The molecule has 0 aromatic carbocycles. The number of hydrogen-bond acceptors (Lipinski definition) is 1. The third-order valence-electron chi connectivity index (χ3n) is 2.26. The maximum Gasteiger partial charge on any atom is 0.0338 e. The zero-order valence-electron chi connectivity index (χ0n) is 6.04. The summed E-state index contributed by atoms with van der Waals surface area (Å²) in [7, 11) is 0. The monoisotopic (exact) mass is 133 g/mol. The lowest BCUT2D eigenvalue weighted by Gasteiger charge is -2.32. The summed E-state index contributed by atoms with van der Waals surface area (Å²) in [6.07, 6.45) is 3.53. The van der Waals surface area contributed by atoms with Crippen LogP contribution in [-0.2, 0) is 0 Å². The zero-order valence-corrected chi connectivity index (χ0v) is 6.04. The molecule has 1 aliphatic heterocycles. The second-order valence-corrected chi connectivity index (χ2v) is 2.97. The Morgan fingerprint density at radius 2 is 2.00 bits per heavy atom. The molecule has 1 heterocycles. The molecule has 0 amide bonds. The molecule has 0 radical (unpaired) electrons. The van der Waals surface area contributed by atoms with Crippen molar-refractivity contribution in [3.8, 4) is 0 Å². The van der Waals surface area contributed by atoms with Gasteiger partial charge in [0.15, 0.2) is 0 Å². The molecule has 0 fully saturated rings. The molecule has 0 atom stereocenters. The van der Waals surface area contributed by atoms with Crippen molar-refractivity contribution in [3.63, 3.8) is 0 Å². The number of allylic oxidation sites excluding steroid dienone is 3. The first-order valence-corrected chi connectivity index (χ1v) is 3.62. The molecule has 10 heavy (non-hydrogen) atoms. The first kappa shape index (κ1) is 5.78. The van der Waals surface area contributed by atoms with E-state index in [1.54, 1.807) is 0 Å². The van der Waals surface area contributed by atoms with Crippen LogP contribution in [0.5, 0.6) is 0 Å². The molecule has 1 N–H and O–H groups in total. The van der Waals surface area contributed by atoms with Gasteiger partial charge in [-0.2, -0.15) is 0 Å². The van der Waals surface area contributed by atoms with Gasteiger partial charge in [-0.1, -0.05) is 13.2 Å². The van der Waals surface area contributed by atoms with Crippen LogP contribution in [0.3, 0.4) is 0 Å². The first-order chi connectivity index (χ1) is 4.77. The Labute approximate surface area is 61.1 Å². The molecule has 1 nitrogen and oxygen atoms in total. The molecule has 1 aliphatic carbocycles. The van der Waals surface area contributed by atoms with Crippen molar-refractivity contribution in [3.05, 3.63) is 35.7 Å². The van der Waals surface area contributed by atoms with Gasteiger partial charge in [0, 0.05) is 11.4 Å². The molecular formula is C9H11N. The van der Waals surface area contributed by atoms with Crippen LogP contribution in [-0.4, -0.2) is 0 Å². The van der Waals surface area contributed by atoms with E-state index in [-0.39, 0.29) is 0 Å². The fraction of sp³-hybridized carbons (Fsp3) is 0.333. The average Bonchev–Trinajstić information content (AvgIpc) is 1.89. The Morgan fingerprint density at radius 3 is 2.50 bits per heavy atom. The minimum absolute atomic E-state index is 1.01. The van der Waals surface area contributed by atoms with Gasteiger partial charge in [-0.05, 0) is 30.4 Å². The lowest BCUT2D eigenvalue weighted by molar-refractivity contribution is 0.665. The molecule has 0 aromatic heterocycles. The standard InChI is InChI=1S/C9H11N/c1-6-5-8-3-4-9(8)10-7(6)2/h10H,1-5H2. The van der Waals surface area contributed by atoms with Crippen molar-refractivity contribution < 1.29 is 0 Å². The molecule has 52 valence electrons. The van der Waals surface area contributed by atoms with Gasteiger partial charge < -0.3 is 5.32 Å². The van der Waals surface area contributed by atoms with Crippen molar-refractivity contribution in [2.24, 2.45) is 0 Å². The van der Waals surface area contributed by atoms with E-state index in [0.29, 0.717) is 0 Å². The summed E-state index contributed by atoms with van der Waals surface area (Å²) in [6.45, 7) is 7.79. The van der Waals surface area contributed by atoms with E-state index in [4.69, 9.17) is 0 Å².